The molecule has 0 aliphatic carbocycles. The largest absolute Gasteiger partial charge is 0.375 e. The fourth-order valence-electron chi connectivity index (χ4n) is 2.85. The second kappa shape index (κ2) is 12.8. The molecule has 0 fully saturated rings. The SMILES string of the molecule is CCC(=O)NC(C)(C)CCOC(C)(C)CCNC(=O)CCC(C)(C)OCCC(C)(C)N. The maximum atomic E-state index is 12.2. The summed E-state index contributed by atoms with van der Waals surface area (Å²) in [6, 6.07) is 0. The predicted octanol–water partition coefficient (Wildman–Crippen LogP) is 3.69. The highest BCUT2D eigenvalue weighted by Gasteiger charge is 2.24. The van der Waals surface area contributed by atoms with E-state index >= 15 is 0 Å². The Morgan fingerprint density at radius 1 is 0.774 bits per heavy atom. The summed E-state index contributed by atoms with van der Waals surface area (Å²) in [5.74, 6) is 0.0683. The minimum atomic E-state index is -0.356. The van der Waals surface area contributed by atoms with E-state index in [1.807, 2.05) is 62.3 Å². The van der Waals surface area contributed by atoms with E-state index in [0.29, 0.717) is 45.4 Å². The Labute approximate surface area is 190 Å². The topological polar surface area (TPSA) is 103 Å². The molecule has 4 N–H and O–H groups in total. The summed E-state index contributed by atoms with van der Waals surface area (Å²) in [5, 5.41) is 5.98. The molecular weight excluding hydrogens is 394 g/mol. The Morgan fingerprint density at radius 2 is 1.29 bits per heavy atom. The summed E-state index contributed by atoms with van der Waals surface area (Å²) in [6.07, 6.45) is 3.77. The van der Waals surface area contributed by atoms with Crippen molar-refractivity contribution >= 4 is 11.8 Å². The maximum absolute atomic E-state index is 12.2. The van der Waals surface area contributed by atoms with Crippen molar-refractivity contribution < 1.29 is 19.1 Å². The molecule has 0 atom stereocenters. The van der Waals surface area contributed by atoms with Crippen LogP contribution in [0.2, 0.25) is 0 Å². The zero-order chi connectivity index (χ0) is 24.3. The van der Waals surface area contributed by atoms with Crippen LogP contribution in [0.15, 0.2) is 0 Å². The molecule has 0 aliphatic rings. The molecule has 184 valence electrons. The Balaban J connectivity index is 4.13. The lowest BCUT2D eigenvalue weighted by Crippen LogP contribution is -2.44. The van der Waals surface area contributed by atoms with E-state index < -0.39 is 0 Å². The predicted molar refractivity (Wildman–Crippen MR) is 127 cm³/mol. The van der Waals surface area contributed by atoms with E-state index in [2.05, 4.69) is 10.6 Å². The third-order valence-electron chi connectivity index (χ3n) is 5.26. The van der Waals surface area contributed by atoms with Crippen molar-refractivity contribution in [3.63, 3.8) is 0 Å². The number of hydrogen-bond donors (Lipinski definition) is 3. The molecule has 31 heavy (non-hydrogen) atoms. The minimum Gasteiger partial charge on any atom is -0.375 e. The monoisotopic (exact) mass is 443 g/mol. The van der Waals surface area contributed by atoms with Gasteiger partial charge in [-0.25, -0.2) is 0 Å². The third kappa shape index (κ3) is 17.1. The van der Waals surface area contributed by atoms with Crippen LogP contribution in [0, 0.1) is 0 Å². The quantitative estimate of drug-likeness (QED) is 0.338. The van der Waals surface area contributed by atoms with Gasteiger partial charge in [0.2, 0.25) is 11.8 Å². The van der Waals surface area contributed by atoms with Crippen LogP contribution in [-0.2, 0) is 19.1 Å². The van der Waals surface area contributed by atoms with Gasteiger partial charge in [0.1, 0.15) is 0 Å². The van der Waals surface area contributed by atoms with Crippen LogP contribution in [0.1, 0.15) is 101 Å². The van der Waals surface area contributed by atoms with Gasteiger partial charge in [-0.15, -0.1) is 0 Å². The molecule has 0 aromatic carbocycles. The van der Waals surface area contributed by atoms with E-state index in [4.69, 9.17) is 15.2 Å². The number of carbonyl (C=O) groups excluding carboxylic acids is 2. The Hall–Kier alpha value is -1.18. The molecule has 7 heteroatoms. The van der Waals surface area contributed by atoms with Gasteiger partial charge in [-0.05, 0) is 81.1 Å². The van der Waals surface area contributed by atoms with E-state index in [0.717, 1.165) is 12.8 Å². The van der Waals surface area contributed by atoms with E-state index in [1.54, 1.807) is 0 Å². The normalized spacial score (nSPS) is 13.2. The average molecular weight is 444 g/mol. The highest BCUT2D eigenvalue weighted by atomic mass is 16.5. The number of carbonyl (C=O) groups is 2. The first kappa shape index (κ1) is 29.8. The second-order valence-electron chi connectivity index (χ2n) is 11.1. The van der Waals surface area contributed by atoms with Gasteiger partial charge in [-0.3, -0.25) is 9.59 Å². The Kier molecular flexibility index (Phi) is 12.3. The molecule has 2 amide bonds. The highest BCUT2D eigenvalue weighted by molar-refractivity contribution is 5.76. The van der Waals surface area contributed by atoms with Gasteiger partial charge in [0.25, 0.3) is 0 Å². The van der Waals surface area contributed by atoms with Crippen LogP contribution >= 0.6 is 0 Å². The number of nitrogens with one attached hydrogen (secondary N) is 2. The van der Waals surface area contributed by atoms with Crippen molar-refractivity contribution in [3.8, 4) is 0 Å². The van der Waals surface area contributed by atoms with Gasteiger partial charge in [0.05, 0.1) is 11.2 Å². The maximum Gasteiger partial charge on any atom is 0.220 e. The van der Waals surface area contributed by atoms with Crippen molar-refractivity contribution in [2.24, 2.45) is 5.73 Å². The number of ether oxygens (including phenoxy) is 2. The van der Waals surface area contributed by atoms with Gasteiger partial charge < -0.3 is 25.8 Å². The molecular formula is C24H49N3O4. The summed E-state index contributed by atoms with van der Waals surface area (Å²) in [6.45, 7) is 19.5. The smallest absolute Gasteiger partial charge is 0.220 e. The standard InChI is InChI=1S/C24H49N3O4/c1-10-19(28)27-22(4,5)15-18-31-24(8,9)13-16-26-20(29)11-12-23(6,7)30-17-14-21(2,3)25/h10-18,25H2,1-9H3,(H,26,29)(H,27,28). The Bertz CT molecular complexity index is 552. The lowest BCUT2D eigenvalue weighted by Gasteiger charge is -2.30. The van der Waals surface area contributed by atoms with Crippen molar-refractivity contribution in [1.29, 1.82) is 0 Å². The van der Waals surface area contributed by atoms with Crippen molar-refractivity contribution in [2.75, 3.05) is 19.8 Å². The van der Waals surface area contributed by atoms with E-state index in [-0.39, 0.29) is 34.1 Å². The number of rotatable bonds is 16. The molecule has 0 radical (unpaired) electrons. The van der Waals surface area contributed by atoms with Crippen LogP contribution in [0.4, 0.5) is 0 Å². The molecule has 0 aromatic rings. The first-order valence-corrected chi connectivity index (χ1v) is 11.6. The second-order valence-corrected chi connectivity index (χ2v) is 11.1. The first-order valence-electron chi connectivity index (χ1n) is 11.6. The molecule has 0 aromatic heterocycles. The number of hydrogen-bond acceptors (Lipinski definition) is 5. The zero-order valence-corrected chi connectivity index (χ0v) is 21.6. The van der Waals surface area contributed by atoms with Gasteiger partial charge in [0.15, 0.2) is 0 Å². The van der Waals surface area contributed by atoms with Crippen molar-refractivity contribution in [1.82, 2.24) is 10.6 Å². The van der Waals surface area contributed by atoms with Crippen LogP contribution in [-0.4, -0.2) is 53.9 Å². The van der Waals surface area contributed by atoms with E-state index in [9.17, 15) is 9.59 Å². The fraction of sp³-hybridized carbons (Fsp3) is 0.917. The summed E-state index contributed by atoms with van der Waals surface area (Å²) < 4.78 is 11.9. The van der Waals surface area contributed by atoms with Crippen molar-refractivity contribution in [3.05, 3.63) is 0 Å². The molecule has 0 bridgehead atoms. The Morgan fingerprint density at radius 3 is 1.81 bits per heavy atom. The van der Waals surface area contributed by atoms with Gasteiger partial charge in [0, 0.05) is 43.7 Å². The molecule has 0 spiro atoms. The van der Waals surface area contributed by atoms with Crippen LogP contribution < -0.4 is 16.4 Å². The summed E-state index contributed by atoms with van der Waals surface area (Å²) in [4.78, 5) is 23.8. The highest BCUT2D eigenvalue weighted by Crippen LogP contribution is 2.19. The van der Waals surface area contributed by atoms with Crippen LogP contribution in [0.5, 0.6) is 0 Å². The molecule has 0 heterocycles. The van der Waals surface area contributed by atoms with Gasteiger partial charge in [-0.1, -0.05) is 6.92 Å². The molecule has 0 aliphatic heterocycles. The average Bonchev–Trinajstić information content (AvgIpc) is 2.57. The summed E-state index contributed by atoms with van der Waals surface area (Å²) in [5.41, 5.74) is 4.73. The van der Waals surface area contributed by atoms with Gasteiger partial charge in [-0.2, -0.15) is 0 Å². The fourth-order valence-corrected chi connectivity index (χ4v) is 2.85. The van der Waals surface area contributed by atoms with Gasteiger partial charge >= 0.3 is 0 Å². The molecule has 0 rings (SSSR count). The van der Waals surface area contributed by atoms with Crippen LogP contribution in [0.3, 0.4) is 0 Å². The zero-order valence-electron chi connectivity index (χ0n) is 21.6. The minimum absolute atomic E-state index is 0.0232. The molecule has 0 saturated heterocycles. The molecule has 7 nitrogen and oxygen atoms in total. The number of amides is 2. The summed E-state index contributed by atoms with van der Waals surface area (Å²) >= 11 is 0. The lowest BCUT2D eigenvalue weighted by atomic mass is 10.00. The van der Waals surface area contributed by atoms with Crippen molar-refractivity contribution in [2.45, 2.75) is 123 Å². The molecule has 0 saturated carbocycles. The third-order valence-corrected chi connectivity index (χ3v) is 5.26. The first-order chi connectivity index (χ1) is 14.0. The van der Waals surface area contributed by atoms with E-state index in [1.165, 1.54) is 0 Å². The number of nitrogens with two attached hydrogens (primary N) is 1. The lowest BCUT2D eigenvalue weighted by molar-refractivity contribution is -0.123. The van der Waals surface area contributed by atoms with Crippen LogP contribution in [0.25, 0.3) is 0 Å². The summed E-state index contributed by atoms with van der Waals surface area (Å²) in [7, 11) is 0. The molecule has 0 unspecified atom stereocenters.